The van der Waals surface area contributed by atoms with Crippen molar-refractivity contribution in [3.63, 3.8) is 0 Å². The zero-order valence-corrected chi connectivity index (χ0v) is 9.69. The molecule has 0 unspecified atom stereocenters. The van der Waals surface area contributed by atoms with Crippen LogP contribution in [0.4, 0.5) is 4.79 Å². The topological polar surface area (TPSA) is 53.6 Å². The highest BCUT2D eigenvalue weighted by molar-refractivity contribution is 5.74. The van der Waals surface area contributed by atoms with Gasteiger partial charge in [0.2, 0.25) is 0 Å². The molecule has 2 amide bonds. The average Bonchev–Trinajstić information content (AvgIpc) is 2.41. The summed E-state index contributed by atoms with van der Waals surface area (Å²) < 4.78 is 5.39. The van der Waals surface area contributed by atoms with E-state index in [-0.39, 0.29) is 12.8 Å². The predicted molar refractivity (Wildman–Crippen MR) is 64.9 cm³/mol. The first kappa shape index (κ1) is 11.7. The number of carbonyl (C=O) groups is 1. The molecule has 1 aromatic carbocycles. The molecule has 0 aliphatic carbocycles. The fourth-order valence-corrected chi connectivity index (χ4v) is 1.68. The first-order chi connectivity index (χ1) is 8.36. The second-order valence-corrected chi connectivity index (χ2v) is 3.82. The van der Waals surface area contributed by atoms with E-state index in [9.17, 15) is 4.79 Å². The Morgan fingerprint density at radius 3 is 2.71 bits per heavy atom. The largest absolute Gasteiger partial charge is 0.473 e. The lowest BCUT2D eigenvalue weighted by molar-refractivity contribution is 0.178. The second kappa shape index (κ2) is 6.10. The summed E-state index contributed by atoms with van der Waals surface area (Å²) in [5.41, 5.74) is 0. The molecule has 2 N–H and O–H groups in total. The van der Waals surface area contributed by atoms with Crippen LogP contribution in [0.25, 0.3) is 0 Å². The van der Waals surface area contributed by atoms with Crippen LogP contribution in [-0.4, -0.2) is 43.8 Å². The van der Waals surface area contributed by atoms with Gasteiger partial charge in [0, 0.05) is 26.2 Å². The Labute approximate surface area is 101 Å². The maximum Gasteiger partial charge on any atom is 0.320 e. The van der Waals surface area contributed by atoms with E-state index in [0.29, 0.717) is 0 Å². The normalized spacial score (nSPS) is 15.4. The molecular weight excluding hydrogens is 218 g/mol. The molecule has 0 spiro atoms. The standard InChI is InChI=1S/C12H17N3O2/c16-12(15-8-6-13-7-9-15)14-10-17-11-4-2-1-3-5-11/h1-5,13H,6-10H2,(H,14,16). The summed E-state index contributed by atoms with van der Waals surface area (Å²) in [6.45, 7) is 3.40. The third-order valence-corrected chi connectivity index (χ3v) is 2.61. The molecular formula is C12H17N3O2. The highest BCUT2D eigenvalue weighted by Gasteiger charge is 2.15. The van der Waals surface area contributed by atoms with Crippen molar-refractivity contribution in [2.24, 2.45) is 0 Å². The summed E-state index contributed by atoms with van der Waals surface area (Å²) in [5.74, 6) is 0.758. The molecule has 92 valence electrons. The summed E-state index contributed by atoms with van der Waals surface area (Å²) in [7, 11) is 0. The van der Waals surface area contributed by atoms with Crippen LogP contribution in [0.15, 0.2) is 30.3 Å². The smallest absolute Gasteiger partial charge is 0.320 e. The molecule has 5 nitrogen and oxygen atoms in total. The summed E-state index contributed by atoms with van der Waals surface area (Å²) >= 11 is 0. The van der Waals surface area contributed by atoms with Gasteiger partial charge in [0.05, 0.1) is 0 Å². The van der Waals surface area contributed by atoms with Crippen molar-refractivity contribution in [1.29, 1.82) is 0 Å². The van der Waals surface area contributed by atoms with Gasteiger partial charge < -0.3 is 20.3 Å². The van der Waals surface area contributed by atoms with Crippen molar-refractivity contribution in [1.82, 2.24) is 15.5 Å². The molecule has 1 aliphatic heterocycles. The maximum absolute atomic E-state index is 11.7. The highest BCUT2D eigenvalue weighted by Crippen LogP contribution is 2.07. The number of ether oxygens (including phenoxy) is 1. The Kier molecular flexibility index (Phi) is 4.21. The quantitative estimate of drug-likeness (QED) is 0.756. The third kappa shape index (κ3) is 3.64. The molecule has 0 radical (unpaired) electrons. The number of hydrogen-bond acceptors (Lipinski definition) is 3. The van der Waals surface area contributed by atoms with Crippen LogP contribution in [-0.2, 0) is 0 Å². The number of carbonyl (C=O) groups excluding carboxylic acids is 1. The molecule has 0 aromatic heterocycles. The van der Waals surface area contributed by atoms with Crippen LogP contribution in [0.5, 0.6) is 5.75 Å². The summed E-state index contributed by atoms with van der Waals surface area (Å²) in [5, 5.41) is 5.94. The van der Waals surface area contributed by atoms with Crippen LogP contribution in [0.3, 0.4) is 0 Å². The SMILES string of the molecule is O=C(NCOc1ccccc1)N1CCNCC1. The number of rotatable bonds is 3. The molecule has 1 fully saturated rings. The van der Waals surface area contributed by atoms with Crippen LogP contribution in [0, 0.1) is 0 Å². The van der Waals surface area contributed by atoms with Gasteiger partial charge in [-0.2, -0.15) is 0 Å². The van der Waals surface area contributed by atoms with Gasteiger partial charge in [0.15, 0.2) is 6.73 Å². The predicted octanol–water partition coefficient (Wildman–Crippen LogP) is 0.638. The number of benzene rings is 1. The van der Waals surface area contributed by atoms with Crippen LogP contribution in [0.1, 0.15) is 0 Å². The van der Waals surface area contributed by atoms with E-state index in [4.69, 9.17) is 4.74 Å². The summed E-state index contributed by atoms with van der Waals surface area (Å²) in [4.78, 5) is 13.5. The van der Waals surface area contributed by atoms with E-state index in [1.54, 1.807) is 4.90 Å². The van der Waals surface area contributed by atoms with E-state index in [2.05, 4.69) is 10.6 Å². The van der Waals surface area contributed by atoms with E-state index in [0.717, 1.165) is 31.9 Å². The van der Waals surface area contributed by atoms with Gasteiger partial charge in [-0.15, -0.1) is 0 Å². The van der Waals surface area contributed by atoms with Gasteiger partial charge in [0.25, 0.3) is 0 Å². The Balaban J connectivity index is 1.69. The molecule has 0 bridgehead atoms. The molecule has 0 saturated carbocycles. The van der Waals surface area contributed by atoms with E-state index in [1.165, 1.54) is 0 Å². The van der Waals surface area contributed by atoms with Gasteiger partial charge >= 0.3 is 6.03 Å². The minimum atomic E-state index is -0.0672. The number of hydrogen-bond donors (Lipinski definition) is 2. The van der Waals surface area contributed by atoms with Gasteiger partial charge in [0.1, 0.15) is 5.75 Å². The maximum atomic E-state index is 11.7. The lowest BCUT2D eigenvalue weighted by atomic mass is 10.3. The number of amides is 2. The Morgan fingerprint density at radius 2 is 2.00 bits per heavy atom. The summed E-state index contributed by atoms with van der Waals surface area (Å²) in [6, 6.07) is 9.36. The lowest BCUT2D eigenvalue weighted by Crippen LogP contribution is -2.50. The van der Waals surface area contributed by atoms with Gasteiger partial charge in [-0.1, -0.05) is 18.2 Å². The number of piperazine rings is 1. The van der Waals surface area contributed by atoms with Crippen LogP contribution >= 0.6 is 0 Å². The molecule has 1 heterocycles. The molecule has 17 heavy (non-hydrogen) atoms. The Hall–Kier alpha value is -1.75. The fourth-order valence-electron chi connectivity index (χ4n) is 1.68. The van der Waals surface area contributed by atoms with Crippen molar-refractivity contribution in [2.75, 3.05) is 32.9 Å². The zero-order chi connectivity index (χ0) is 11.9. The van der Waals surface area contributed by atoms with E-state index >= 15 is 0 Å². The van der Waals surface area contributed by atoms with Crippen molar-refractivity contribution < 1.29 is 9.53 Å². The number of para-hydroxylation sites is 1. The fraction of sp³-hybridized carbons (Fsp3) is 0.417. The van der Waals surface area contributed by atoms with Crippen molar-refractivity contribution in [2.45, 2.75) is 0 Å². The highest BCUT2D eigenvalue weighted by atomic mass is 16.5. The molecule has 2 rings (SSSR count). The van der Waals surface area contributed by atoms with Gasteiger partial charge in [-0.05, 0) is 12.1 Å². The first-order valence-electron chi connectivity index (χ1n) is 5.77. The molecule has 1 aromatic rings. The van der Waals surface area contributed by atoms with Crippen LogP contribution < -0.4 is 15.4 Å². The average molecular weight is 235 g/mol. The molecule has 1 saturated heterocycles. The number of nitrogens with zero attached hydrogens (tertiary/aromatic N) is 1. The minimum absolute atomic E-state index is 0.0672. The van der Waals surface area contributed by atoms with E-state index in [1.807, 2.05) is 30.3 Å². The number of nitrogens with one attached hydrogen (secondary N) is 2. The minimum Gasteiger partial charge on any atom is -0.473 e. The molecule has 1 aliphatic rings. The molecule has 5 heteroatoms. The van der Waals surface area contributed by atoms with Crippen LogP contribution in [0.2, 0.25) is 0 Å². The third-order valence-electron chi connectivity index (χ3n) is 2.61. The number of urea groups is 1. The van der Waals surface area contributed by atoms with Crippen molar-refractivity contribution in [3.05, 3.63) is 30.3 Å². The lowest BCUT2D eigenvalue weighted by Gasteiger charge is -2.27. The van der Waals surface area contributed by atoms with Gasteiger partial charge in [-0.3, -0.25) is 0 Å². The summed E-state index contributed by atoms with van der Waals surface area (Å²) in [6.07, 6.45) is 0. The van der Waals surface area contributed by atoms with Crippen molar-refractivity contribution >= 4 is 6.03 Å². The Morgan fingerprint density at radius 1 is 1.29 bits per heavy atom. The van der Waals surface area contributed by atoms with E-state index < -0.39 is 0 Å². The monoisotopic (exact) mass is 235 g/mol. The molecule has 0 atom stereocenters. The van der Waals surface area contributed by atoms with Crippen molar-refractivity contribution in [3.8, 4) is 5.75 Å². The second-order valence-electron chi connectivity index (χ2n) is 3.82. The first-order valence-corrected chi connectivity index (χ1v) is 5.77. The van der Waals surface area contributed by atoms with Gasteiger partial charge in [-0.25, -0.2) is 4.79 Å². The zero-order valence-electron chi connectivity index (χ0n) is 9.69. The Bertz CT molecular complexity index is 350.